The molecule has 0 saturated heterocycles. The number of nitrogens with zero attached hydrogens (tertiary/aromatic N) is 4. The Morgan fingerprint density at radius 2 is 1.67 bits per heavy atom. The number of fused-ring (bicyclic) bond motifs is 2. The summed E-state index contributed by atoms with van der Waals surface area (Å²) in [5.74, 6) is 0.256. The van der Waals surface area contributed by atoms with E-state index in [0.717, 1.165) is 37.3 Å². The predicted octanol–water partition coefficient (Wildman–Crippen LogP) is 3.76. The fourth-order valence-corrected chi connectivity index (χ4v) is 4.57. The molecule has 33 heavy (non-hydrogen) atoms. The van der Waals surface area contributed by atoms with E-state index >= 15 is 0 Å². The number of amides is 1. The maximum absolute atomic E-state index is 13.5. The van der Waals surface area contributed by atoms with Crippen molar-refractivity contribution in [3.05, 3.63) is 77.0 Å². The van der Waals surface area contributed by atoms with Crippen LogP contribution in [-0.4, -0.2) is 59.1 Å². The summed E-state index contributed by atoms with van der Waals surface area (Å²) in [6.07, 6.45) is -3.96. The molecule has 2 aromatic rings. The Labute approximate surface area is 189 Å². The number of hydrogen-bond acceptors (Lipinski definition) is 5. The van der Waals surface area contributed by atoms with Crippen molar-refractivity contribution in [1.82, 2.24) is 14.7 Å². The van der Waals surface area contributed by atoms with E-state index in [0.29, 0.717) is 24.6 Å². The Morgan fingerprint density at radius 1 is 0.939 bits per heavy atom. The van der Waals surface area contributed by atoms with Crippen LogP contribution in [0.3, 0.4) is 0 Å². The zero-order chi connectivity index (χ0) is 23.0. The lowest BCUT2D eigenvalue weighted by atomic mass is 10.00. The van der Waals surface area contributed by atoms with Crippen molar-refractivity contribution in [3.8, 4) is 5.75 Å². The van der Waals surface area contributed by atoms with E-state index in [1.165, 1.54) is 17.7 Å². The SMILES string of the molecule is O=C1C2=C(CCN(Cc3ccccc3)C2)N2CCN=C2N1Cc1ccc(OC(F)(F)F)cc1. The summed E-state index contributed by atoms with van der Waals surface area (Å²) in [6.45, 7) is 3.77. The normalized spacial score (nSPS) is 18.9. The second kappa shape index (κ2) is 8.55. The molecule has 9 heteroatoms. The third-order valence-electron chi connectivity index (χ3n) is 6.03. The van der Waals surface area contributed by atoms with Gasteiger partial charge in [-0.05, 0) is 23.3 Å². The van der Waals surface area contributed by atoms with E-state index < -0.39 is 6.36 Å². The third-order valence-corrected chi connectivity index (χ3v) is 6.03. The van der Waals surface area contributed by atoms with Gasteiger partial charge in [-0.3, -0.25) is 19.6 Å². The van der Waals surface area contributed by atoms with Gasteiger partial charge >= 0.3 is 6.36 Å². The van der Waals surface area contributed by atoms with E-state index in [4.69, 9.17) is 0 Å². The molecule has 3 aliphatic heterocycles. The van der Waals surface area contributed by atoms with Crippen molar-refractivity contribution in [1.29, 1.82) is 0 Å². The molecule has 0 aliphatic carbocycles. The van der Waals surface area contributed by atoms with Crippen LogP contribution in [-0.2, 0) is 17.9 Å². The van der Waals surface area contributed by atoms with Crippen LogP contribution in [0, 0.1) is 0 Å². The van der Waals surface area contributed by atoms with Gasteiger partial charge in [-0.1, -0.05) is 42.5 Å². The second-order valence-corrected chi connectivity index (χ2v) is 8.29. The van der Waals surface area contributed by atoms with Crippen molar-refractivity contribution in [2.45, 2.75) is 25.9 Å². The Balaban J connectivity index is 1.34. The van der Waals surface area contributed by atoms with Crippen molar-refractivity contribution >= 4 is 11.9 Å². The first-order valence-corrected chi connectivity index (χ1v) is 10.8. The van der Waals surface area contributed by atoms with Crippen LogP contribution >= 0.6 is 0 Å². The van der Waals surface area contributed by atoms with Crippen molar-refractivity contribution in [3.63, 3.8) is 0 Å². The number of halogens is 3. The van der Waals surface area contributed by atoms with Crippen LogP contribution in [0.15, 0.2) is 70.9 Å². The summed E-state index contributed by atoms with van der Waals surface area (Å²) in [4.78, 5) is 24.1. The van der Waals surface area contributed by atoms with Crippen molar-refractivity contribution in [2.75, 3.05) is 26.2 Å². The highest BCUT2D eigenvalue weighted by Crippen LogP contribution is 2.32. The molecule has 172 valence electrons. The summed E-state index contributed by atoms with van der Waals surface area (Å²) in [5, 5.41) is 0. The fourth-order valence-electron chi connectivity index (χ4n) is 4.57. The van der Waals surface area contributed by atoms with Gasteiger partial charge in [0, 0.05) is 38.3 Å². The summed E-state index contributed by atoms with van der Waals surface area (Å²) in [7, 11) is 0. The third kappa shape index (κ3) is 4.59. The Bertz CT molecular complexity index is 1100. The molecule has 0 radical (unpaired) electrons. The molecule has 0 spiro atoms. The molecular weight excluding hydrogens is 433 g/mol. The van der Waals surface area contributed by atoms with Crippen molar-refractivity contribution < 1.29 is 22.7 Å². The van der Waals surface area contributed by atoms with Gasteiger partial charge in [0.2, 0.25) is 5.96 Å². The Hall–Kier alpha value is -3.33. The quantitative estimate of drug-likeness (QED) is 0.688. The monoisotopic (exact) mass is 456 g/mol. The zero-order valence-electron chi connectivity index (χ0n) is 17.9. The Kier molecular flexibility index (Phi) is 5.57. The largest absolute Gasteiger partial charge is 0.573 e. The smallest absolute Gasteiger partial charge is 0.406 e. The van der Waals surface area contributed by atoms with E-state index in [1.807, 2.05) is 18.2 Å². The molecule has 5 rings (SSSR count). The van der Waals surface area contributed by atoms with Gasteiger partial charge in [0.25, 0.3) is 5.91 Å². The minimum atomic E-state index is -4.74. The number of benzene rings is 2. The second-order valence-electron chi connectivity index (χ2n) is 8.29. The molecule has 3 aliphatic rings. The summed E-state index contributed by atoms with van der Waals surface area (Å²) in [6, 6.07) is 15.8. The molecule has 0 aromatic heterocycles. The molecule has 0 fully saturated rings. The summed E-state index contributed by atoms with van der Waals surface area (Å²) < 4.78 is 41.2. The number of alkyl halides is 3. The molecule has 0 N–H and O–H groups in total. The molecule has 3 heterocycles. The molecule has 0 unspecified atom stereocenters. The van der Waals surface area contributed by atoms with Gasteiger partial charge in [-0.25, -0.2) is 0 Å². The maximum atomic E-state index is 13.5. The number of carbonyl (C=O) groups excluding carboxylic acids is 1. The fraction of sp³-hybridized carbons (Fsp3) is 0.333. The maximum Gasteiger partial charge on any atom is 0.573 e. The minimum absolute atomic E-state index is 0.0877. The molecule has 2 aromatic carbocycles. The van der Waals surface area contributed by atoms with Crippen LogP contribution in [0.25, 0.3) is 0 Å². The number of rotatable bonds is 5. The van der Waals surface area contributed by atoms with Crippen LogP contribution < -0.4 is 4.74 Å². The number of hydrogen-bond donors (Lipinski definition) is 0. The van der Waals surface area contributed by atoms with E-state index in [1.54, 1.807) is 17.0 Å². The molecule has 6 nitrogen and oxygen atoms in total. The van der Waals surface area contributed by atoms with Crippen LogP contribution in [0.4, 0.5) is 13.2 Å². The van der Waals surface area contributed by atoms with Gasteiger partial charge < -0.3 is 9.64 Å². The van der Waals surface area contributed by atoms with Crippen LogP contribution in [0.5, 0.6) is 5.75 Å². The molecular formula is C24H23F3N4O2. The molecule has 1 amide bonds. The van der Waals surface area contributed by atoms with Gasteiger partial charge in [-0.2, -0.15) is 0 Å². The molecule has 0 saturated carbocycles. The average Bonchev–Trinajstić information content (AvgIpc) is 3.27. The van der Waals surface area contributed by atoms with E-state index in [2.05, 4.69) is 31.7 Å². The first kappa shape index (κ1) is 21.5. The summed E-state index contributed by atoms with van der Waals surface area (Å²) >= 11 is 0. The van der Waals surface area contributed by atoms with Gasteiger partial charge in [0.05, 0.1) is 18.7 Å². The number of ether oxygens (including phenoxy) is 1. The molecule has 0 bridgehead atoms. The predicted molar refractivity (Wildman–Crippen MR) is 116 cm³/mol. The highest BCUT2D eigenvalue weighted by Gasteiger charge is 2.41. The Morgan fingerprint density at radius 3 is 2.39 bits per heavy atom. The average molecular weight is 456 g/mol. The lowest BCUT2D eigenvalue weighted by molar-refractivity contribution is -0.274. The lowest BCUT2D eigenvalue weighted by Crippen LogP contribution is -2.53. The van der Waals surface area contributed by atoms with E-state index in [9.17, 15) is 18.0 Å². The molecule has 0 atom stereocenters. The standard InChI is InChI=1S/C24H23F3N4O2/c25-24(26,27)33-19-8-6-18(7-9-19)15-31-22(32)20-16-29(14-17-4-2-1-3-5-17)12-10-21(20)30-13-11-28-23(30)31/h1-9H,10-16H2. The van der Waals surface area contributed by atoms with Gasteiger partial charge in [-0.15, -0.1) is 13.2 Å². The van der Waals surface area contributed by atoms with E-state index in [-0.39, 0.29) is 18.2 Å². The first-order valence-electron chi connectivity index (χ1n) is 10.8. The number of guanidine groups is 1. The van der Waals surface area contributed by atoms with Crippen molar-refractivity contribution in [2.24, 2.45) is 4.99 Å². The zero-order valence-corrected chi connectivity index (χ0v) is 17.9. The first-order chi connectivity index (χ1) is 15.9. The topological polar surface area (TPSA) is 48.4 Å². The number of aliphatic imine (C=N–C) groups is 1. The van der Waals surface area contributed by atoms with Gasteiger partial charge in [0.1, 0.15) is 5.75 Å². The van der Waals surface area contributed by atoms with Crippen LogP contribution in [0.1, 0.15) is 17.5 Å². The number of carbonyl (C=O) groups is 1. The summed E-state index contributed by atoms with van der Waals surface area (Å²) in [5.41, 5.74) is 3.72. The van der Waals surface area contributed by atoms with Crippen LogP contribution in [0.2, 0.25) is 0 Å². The lowest BCUT2D eigenvalue weighted by Gasteiger charge is -2.42. The highest BCUT2D eigenvalue weighted by molar-refractivity contribution is 6.09. The van der Waals surface area contributed by atoms with Gasteiger partial charge in [0.15, 0.2) is 0 Å². The highest BCUT2D eigenvalue weighted by atomic mass is 19.4. The minimum Gasteiger partial charge on any atom is -0.406 e.